The van der Waals surface area contributed by atoms with Crippen LogP contribution >= 0.6 is 0 Å². The average molecular weight is 245 g/mol. The molecule has 3 rings (SSSR count). The second-order valence-corrected chi connectivity index (χ2v) is 5.15. The van der Waals surface area contributed by atoms with E-state index in [2.05, 4.69) is 16.8 Å². The van der Waals surface area contributed by atoms with E-state index in [1.54, 1.807) is 0 Å². The molecular formula is C14H19N3O. The van der Waals surface area contributed by atoms with Crippen LogP contribution in [-0.4, -0.2) is 22.5 Å². The number of anilines is 1. The summed E-state index contributed by atoms with van der Waals surface area (Å²) in [5, 5.41) is 0. The van der Waals surface area contributed by atoms with E-state index in [9.17, 15) is 0 Å². The Labute approximate surface area is 107 Å². The molecule has 4 nitrogen and oxygen atoms in total. The number of benzene rings is 1. The average Bonchev–Trinajstić information content (AvgIpc) is 2.73. The molecule has 0 saturated carbocycles. The summed E-state index contributed by atoms with van der Waals surface area (Å²) in [5.41, 5.74) is 8.16. The molecule has 0 spiro atoms. The molecule has 2 aromatic rings. The minimum Gasteiger partial charge on any atom is -0.439 e. The summed E-state index contributed by atoms with van der Waals surface area (Å²) in [6.45, 7) is 4.22. The van der Waals surface area contributed by atoms with Crippen molar-refractivity contribution < 1.29 is 4.42 Å². The largest absolute Gasteiger partial charge is 0.439 e. The fourth-order valence-electron chi connectivity index (χ4n) is 2.63. The quantitative estimate of drug-likeness (QED) is 0.827. The van der Waals surface area contributed by atoms with Gasteiger partial charge in [0.05, 0.1) is 6.54 Å². The van der Waals surface area contributed by atoms with Gasteiger partial charge in [0.1, 0.15) is 5.52 Å². The third kappa shape index (κ3) is 2.20. The Bertz CT molecular complexity index is 549. The van der Waals surface area contributed by atoms with Crippen LogP contribution < -0.4 is 5.73 Å². The molecule has 1 saturated heterocycles. The Morgan fingerprint density at radius 1 is 1.44 bits per heavy atom. The van der Waals surface area contributed by atoms with Gasteiger partial charge >= 0.3 is 0 Å². The van der Waals surface area contributed by atoms with Gasteiger partial charge in [0.15, 0.2) is 5.58 Å². The van der Waals surface area contributed by atoms with Crippen molar-refractivity contribution in [3.05, 3.63) is 24.1 Å². The third-order valence-electron chi connectivity index (χ3n) is 3.73. The zero-order valence-corrected chi connectivity index (χ0v) is 10.7. The second-order valence-electron chi connectivity index (χ2n) is 5.15. The lowest BCUT2D eigenvalue weighted by Gasteiger charge is -2.32. The highest BCUT2D eigenvalue weighted by Gasteiger charge is 2.20. The van der Waals surface area contributed by atoms with E-state index < -0.39 is 0 Å². The van der Waals surface area contributed by atoms with Crippen molar-refractivity contribution in [2.75, 3.05) is 12.3 Å². The van der Waals surface area contributed by atoms with Crippen LogP contribution in [0.5, 0.6) is 0 Å². The maximum absolute atomic E-state index is 5.77. The monoisotopic (exact) mass is 245 g/mol. The Kier molecular flexibility index (Phi) is 2.96. The van der Waals surface area contributed by atoms with Crippen LogP contribution in [0.25, 0.3) is 11.1 Å². The molecule has 0 bridgehead atoms. The normalized spacial score (nSPS) is 21.5. The fraction of sp³-hybridized carbons (Fsp3) is 0.500. The van der Waals surface area contributed by atoms with Crippen LogP contribution in [0.1, 0.15) is 32.1 Å². The first-order chi connectivity index (χ1) is 8.72. The van der Waals surface area contributed by atoms with Gasteiger partial charge in [0.25, 0.3) is 0 Å². The maximum Gasteiger partial charge on any atom is 0.209 e. The van der Waals surface area contributed by atoms with Crippen molar-refractivity contribution in [2.45, 2.75) is 38.8 Å². The van der Waals surface area contributed by atoms with Crippen LogP contribution in [0.3, 0.4) is 0 Å². The van der Waals surface area contributed by atoms with Crippen molar-refractivity contribution in [1.82, 2.24) is 9.88 Å². The Morgan fingerprint density at radius 3 is 3.17 bits per heavy atom. The molecule has 1 aliphatic heterocycles. The molecule has 4 heteroatoms. The minimum absolute atomic E-state index is 0.624. The molecule has 1 aliphatic rings. The number of hydrogen-bond donors (Lipinski definition) is 1. The standard InChI is InChI=1S/C14H19N3O/c1-10-4-2-3-7-17(10)9-14-16-12-8-11(15)5-6-13(12)18-14/h5-6,8,10H,2-4,7,9,15H2,1H3. The Morgan fingerprint density at radius 2 is 2.33 bits per heavy atom. The number of hydrogen-bond acceptors (Lipinski definition) is 4. The molecular weight excluding hydrogens is 226 g/mol. The maximum atomic E-state index is 5.77. The van der Waals surface area contributed by atoms with E-state index >= 15 is 0 Å². The lowest BCUT2D eigenvalue weighted by atomic mass is 10.0. The van der Waals surface area contributed by atoms with Gasteiger partial charge < -0.3 is 10.2 Å². The van der Waals surface area contributed by atoms with Gasteiger partial charge in [0, 0.05) is 11.7 Å². The number of rotatable bonds is 2. The van der Waals surface area contributed by atoms with Crippen LogP contribution in [0, 0.1) is 0 Å². The third-order valence-corrected chi connectivity index (χ3v) is 3.73. The molecule has 1 fully saturated rings. The molecule has 1 aromatic heterocycles. The first-order valence-corrected chi connectivity index (χ1v) is 6.61. The van der Waals surface area contributed by atoms with E-state index in [4.69, 9.17) is 10.2 Å². The number of oxazole rings is 1. The summed E-state index contributed by atoms with van der Waals surface area (Å²) in [5.74, 6) is 0.796. The predicted molar refractivity (Wildman–Crippen MR) is 72.1 cm³/mol. The van der Waals surface area contributed by atoms with Gasteiger partial charge in [-0.1, -0.05) is 6.42 Å². The van der Waals surface area contributed by atoms with Gasteiger partial charge in [-0.2, -0.15) is 0 Å². The highest BCUT2D eigenvalue weighted by Crippen LogP contribution is 2.22. The highest BCUT2D eigenvalue weighted by molar-refractivity contribution is 5.76. The van der Waals surface area contributed by atoms with Gasteiger partial charge in [-0.15, -0.1) is 0 Å². The van der Waals surface area contributed by atoms with Crippen LogP contribution in [0.2, 0.25) is 0 Å². The van der Waals surface area contributed by atoms with Crippen LogP contribution in [-0.2, 0) is 6.54 Å². The van der Waals surface area contributed by atoms with E-state index in [1.165, 1.54) is 19.3 Å². The van der Waals surface area contributed by atoms with Crippen molar-refractivity contribution in [3.63, 3.8) is 0 Å². The number of nitrogens with two attached hydrogens (primary N) is 1. The lowest BCUT2D eigenvalue weighted by Crippen LogP contribution is -2.36. The zero-order chi connectivity index (χ0) is 12.5. The number of nitrogens with zero attached hydrogens (tertiary/aromatic N) is 2. The lowest BCUT2D eigenvalue weighted by molar-refractivity contribution is 0.140. The molecule has 1 unspecified atom stereocenters. The summed E-state index contributed by atoms with van der Waals surface area (Å²) < 4.78 is 5.77. The zero-order valence-electron chi connectivity index (χ0n) is 10.7. The topological polar surface area (TPSA) is 55.3 Å². The molecule has 0 radical (unpaired) electrons. The first-order valence-electron chi connectivity index (χ1n) is 6.61. The summed E-state index contributed by atoms with van der Waals surface area (Å²) in [6.07, 6.45) is 3.88. The van der Waals surface area contributed by atoms with Crippen molar-refractivity contribution in [1.29, 1.82) is 0 Å². The molecule has 1 aromatic carbocycles. The van der Waals surface area contributed by atoms with Gasteiger partial charge in [0.2, 0.25) is 5.89 Å². The molecule has 0 amide bonds. The second kappa shape index (κ2) is 4.61. The summed E-state index contributed by atoms with van der Waals surface area (Å²) >= 11 is 0. The first kappa shape index (κ1) is 11.5. The highest BCUT2D eigenvalue weighted by atomic mass is 16.3. The number of likely N-dealkylation sites (tertiary alicyclic amines) is 1. The number of piperidine rings is 1. The van der Waals surface area contributed by atoms with E-state index in [0.29, 0.717) is 6.04 Å². The summed E-state index contributed by atoms with van der Waals surface area (Å²) in [4.78, 5) is 6.96. The predicted octanol–water partition coefficient (Wildman–Crippen LogP) is 2.78. The molecule has 2 heterocycles. The van der Waals surface area contributed by atoms with Crippen LogP contribution in [0.15, 0.2) is 22.6 Å². The van der Waals surface area contributed by atoms with Crippen molar-refractivity contribution in [2.24, 2.45) is 0 Å². The van der Waals surface area contributed by atoms with Gasteiger partial charge in [-0.25, -0.2) is 4.98 Å². The van der Waals surface area contributed by atoms with Crippen molar-refractivity contribution >= 4 is 16.8 Å². The van der Waals surface area contributed by atoms with Gasteiger partial charge in [-0.05, 0) is 44.5 Å². The summed E-state index contributed by atoms with van der Waals surface area (Å²) in [6, 6.07) is 6.22. The molecule has 2 N–H and O–H groups in total. The van der Waals surface area contributed by atoms with Crippen molar-refractivity contribution in [3.8, 4) is 0 Å². The fourth-order valence-corrected chi connectivity index (χ4v) is 2.63. The van der Waals surface area contributed by atoms with E-state index in [0.717, 1.165) is 35.8 Å². The summed E-state index contributed by atoms with van der Waals surface area (Å²) in [7, 11) is 0. The number of aromatic nitrogens is 1. The number of fused-ring (bicyclic) bond motifs is 1. The minimum atomic E-state index is 0.624. The Hall–Kier alpha value is -1.55. The molecule has 0 aliphatic carbocycles. The van der Waals surface area contributed by atoms with Crippen LogP contribution in [0.4, 0.5) is 5.69 Å². The molecule has 96 valence electrons. The smallest absolute Gasteiger partial charge is 0.209 e. The Balaban J connectivity index is 1.81. The molecule has 1 atom stereocenters. The van der Waals surface area contributed by atoms with Gasteiger partial charge in [-0.3, -0.25) is 4.90 Å². The SMILES string of the molecule is CC1CCCCN1Cc1nc2cc(N)ccc2o1. The van der Waals surface area contributed by atoms with E-state index in [-0.39, 0.29) is 0 Å². The number of nitrogen functional groups attached to an aromatic ring is 1. The molecule has 18 heavy (non-hydrogen) atoms. The van der Waals surface area contributed by atoms with E-state index in [1.807, 2.05) is 18.2 Å².